The first-order valence-electron chi connectivity index (χ1n) is 6.16. The molecule has 0 bridgehead atoms. The Hall–Kier alpha value is -0.830. The molecule has 1 heterocycles. The molecule has 3 nitrogen and oxygen atoms in total. The molecule has 0 saturated carbocycles. The van der Waals surface area contributed by atoms with Crippen LogP contribution in [-0.2, 0) is 13.5 Å². The van der Waals surface area contributed by atoms with E-state index in [0.29, 0.717) is 11.5 Å². The van der Waals surface area contributed by atoms with Gasteiger partial charge in [-0.15, -0.1) is 0 Å². The molecule has 16 heavy (non-hydrogen) atoms. The number of rotatable bonds is 6. The largest absolute Gasteiger partial charge is 0.314 e. The second kappa shape index (κ2) is 5.48. The Morgan fingerprint density at radius 3 is 2.62 bits per heavy atom. The molecule has 0 saturated heterocycles. The summed E-state index contributed by atoms with van der Waals surface area (Å²) in [7, 11) is 1.97. The molecule has 0 aromatic carbocycles. The highest BCUT2D eigenvalue weighted by atomic mass is 15.2. The average molecular weight is 223 g/mol. The minimum Gasteiger partial charge on any atom is -0.314 e. The van der Waals surface area contributed by atoms with Gasteiger partial charge in [0.15, 0.2) is 0 Å². The first kappa shape index (κ1) is 13.2. The second-order valence-electron chi connectivity index (χ2n) is 5.40. The van der Waals surface area contributed by atoms with Crippen molar-refractivity contribution in [2.24, 2.45) is 12.5 Å². The van der Waals surface area contributed by atoms with Crippen molar-refractivity contribution in [2.75, 3.05) is 6.54 Å². The molecule has 0 spiro atoms. The predicted molar refractivity (Wildman–Crippen MR) is 68.4 cm³/mol. The van der Waals surface area contributed by atoms with E-state index in [9.17, 15) is 0 Å². The maximum atomic E-state index is 4.23. The van der Waals surface area contributed by atoms with Gasteiger partial charge in [-0.05, 0) is 23.8 Å². The van der Waals surface area contributed by atoms with Crippen molar-refractivity contribution in [3.05, 3.63) is 18.0 Å². The van der Waals surface area contributed by atoms with E-state index in [1.165, 1.54) is 12.0 Å². The van der Waals surface area contributed by atoms with Gasteiger partial charge in [0, 0.05) is 25.8 Å². The van der Waals surface area contributed by atoms with Gasteiger partial charge in [-0.25, -0.2) is 0 Å². The van der Waals surface area contributed by atoms with Gasteiger partial charge in [0.1, 0.15) is 0 Å². The Balaban J connectivity index is 2.58. The van der Waals surface area contributed by atoms with Crippen LogP contribution < -0.4 is 5.32 Å². The van der Waals surface area contributed by atoms with E-state index in [-0.39, 0.29) is 0 Å². The summed E-state index contributed by atoms with van der Waals surface area (Å²) in [6.45, 7) is 10.1. The lowest BCUT2D eigenvalue weighted by Gasteiger charge is -2.29. The monoisotopic (exact) mass is 223 g/mol. The summed E-state index contributed by atoms with van der Waals surface area (Å²) < 4.78 is 1.88. The second-order valence-corrected chi connectivity index (χ2v) is 5.40. The Bertz CT molecular complexity index is 317. The first-order chi connectivity index (χ1) is 7.45. The Morgan fingerprint density at radius 1 is 1.50 bits per heavy atom. The highest BCUT2D eigenvalue weighted by Gasteiger charge is 2.23. The molecule has 3 heteroatoms. The molecule has 1 N–H and O–H groups in total. The SMILES string of the molecule is CCC(C)(CNC(C)C)Cc1cnn(C)c1. The van der Waals surface area contributed by atoms with Crippen LogP contribution in [0.3, 0.4) is 0 Å². The molecule has 0 radical (unpaired) electrons. The van der Waals surface area contributed by atoms with E-state index in [0.717, 1.165) is 13.0 Å². The topological polar surface area (TPSA) is 29.9 Å². The standard InChI is InChI=1S/C13H25N3/c1-6-13(4,10-14-11(2)3)7-12-8-15-16(5)9-12/h8-9,11,14H,6-7,10H2,1-5H3. The molecule has 92 valence electrons. The fraction of sp³-hybridized carbons (Fsp3) is 0.769. The maximum absolute atomic E-state index is 4.23. The molecule has 1 rings (SSSR count). The Morgan fingerprint density at radius 2 is 2.19 bits per heavy atom. The van der Waals surface area contributed by atoms with Gasteiger partial charge in [-0.2, -0.15) is 5.10 Å². The average Bonchev–Trinajstić information content (AvgIpc) is 2.61. The van der Waals surface area contributed by atoms with E-state index in [1.54, 1.807) is 0 Å². The zero-order valence-corrected chi connectivity index (χ0v) is 11.2. The molecule has 1 unspecified atom stereocenters. The minimum absolute atomic E-state index is 0.327. The van der Waals surface area contributed by atoms with Gasteiger partial charge in [-0.1, -0.05) is 27.7 Å². The Kier molecular flexibility index (Phi) is 4.54. The summed E-state index contributed by atoms with van der Waals surface area (Å²) in [4.78, 5) is 0. The fourth-order valence-electron chi connectivity index (χ4n) is 1.82. The van der Waals surface area contributed by atoms with Crippen LogP contribution in [0.15, 0.2) is 12.4 Å². The van der Waals surface area contributed by atoms with Crippen LogP contribution in [0.2, 0.25) is 0 Å². The number of nitrogens with one attached hydrogen (secondary N) is 1. The smallest absolute Gasteiger partial charge is 0.0521 e. The van der Waals surface area contributed by atoms with E-state index < -0.39 is 0 Å². The summed E-state index contributed by atoms with van der Waals surface area (Å²) in [5, 5.41) is 7.76. The number of hydrogen-bond donors (Lipinski definition) is 1. The van der Waals surface area contributed by atoms with E-state index in [1.807, 2.05) is 17.9 Å². The molecule has 0 aliphatic carbocycles. The fourth-order valence-corrected chi connectivity index (χ4v) is 1.82. The third-order valence-corrected chi connectivity index (χ3v) is 3.18. The molecular weight excluding hydrogens is 198 g/mol. The maximum Gasteiger partial charge on any atom is 0.0521 e. The summed E-state index contributed by atoms with van der Waals surface area (Å²) in [5.41, 5.74) is 1.66. The predicted octanol–water partition coefficient (Wildman–Crippen LogP) is 2.38. The highest BCUT2D eigenvalue weighted by Crippen LogP contribution is 2.25. The van der Waals surface area contributed by atoms with Crippen molar-refractivity contribution < 1.29 is 0 Å². The van der Waals surface area contributed by atoms with Gasteiger partial charge in [0.05, 0.1) is 6.20 Å². The van der Waals surface area contributed by atoms with Gasteiger partial charge in [-0.3, -0.25) is 4.68 Å². The quantitative estimate of drug-likeness (QED) is 0.802. The lowest BCUT2D eigenvalue weighted by atomic mass is 9.81. The lowest BCUT2D eigenvalue weighted by molar-refractivity contribution is 0.281. The summed E-state index contributed by atoms with van der Waals surface area (Å²) in [5.74, 6) is 0. The highest BCUT2D eigenvalue weighted by molar-refractivity contribution is 5.07. The third kappa shape index (κ3) is 3.97. The van der Waals surface area contributed by atoms with Gasteiger partial charge < -0.3 is 5.32 Å². The number of hydrogen-bond acceptors (Lipinski definition) is 2. The van der Waals surface area contributed by atoms with Crippen LogP contribution in [-0.4, -0.2) is 22.4 Å². The summed E-state index contributed by atoms with van der Waals surface area (Å²) in [6.07, 6.45) is 6.37. The van der Waals surface area contributed by atoms with Crippen molar-refractivity contribution in [1.29, 1.82) is 0 Å². The molecule has 0 aliphatic rings. The third-order valence-electron chi connectivity index (χ3n) is 3.18. The van der Waals surface area contributed by atoms with E-state index in [4.69, 9.17) is 0 Å². The molecule has 1 aromatic heterocycles. The van der Waals surface area contributed by atoms with Crippen molar-refractivity contribution in [3.63, 3.8) is 0 Å². The van der Waals surface area contributed by atoms with E-state index >= 15 is 0 Å². The van der Waals surface area contributed by atoms with Crippen molar-refractivity contribution >= 4 is 0 Å². The summed E-state index contributed by atoms with van der Waals surface area (Å²) in [6, 6.07) is 0.555. The lowest BCUT2D eigenvalue weighted by Crippen LogP contribution is -2.36. The van der Waals surface area contributed by atoms with Gasteiger partial charge in [0.25, 0.3) is 0 Å². The number of nitrogens with zero attached hydrogens (tertiary/aromatic N) is 2. The summed E-state index contributed by atoms with van der Waals surface area (Å²) >= 11 is 0. The molecule has 0 amide bonds. The molecule has 1 aromatic rings. The van der Waals surface area contributed by atoms with Crippen LogP contribution in [0.5, 0.6) is 0 Å². The zero-order valence-electron chi connectivity index (χ0n) is 11.2. The molecule has 0 fully saturated rings. The Labute approximate surface area is 99.2 Å². The van der Waals surface area contributed by atoms with Crippen molar-refractivity contribution in [3.8, 4) is 0 Å². The zero-order chi connectivity index (χ0) is 12.2. The normalized spacial score (nSPS) is 15.4. The van der Waals surface area contributed by atoms with Crippen molar-refractivity contribution in [1.82, 2.24) is 15.1 Å². The first-order valence-corrected chi connectivity index (χ1v) is 6.16. The number of aromatic nitrogens is 2. The van der Waals surface area contributed by atoms with Crippen LogP contribution in [0.25, 0.3) is 0 Å². The van der Waals surface area contributed by atoms with Crippen LogP contribution in [0.1, 0.15) is 39.7 Å². The van der Waals surface area contributed by atoms with Crippen LogP contribution in [0.4, 0.5) is 0 Å². The van der Waals surface area contributed by atoms with Gasteiger partial charge >= 0.3 is 0 Å². The molecular formula is C13H25N3. The van der Waals surface area contributed by atoms with Gasteiger partial charge in [0.2, 0.25) is 0 Å². The minimum atomic E-state index is 0.327. The molecule has 1 atom stereocenters. The van der Waals surface area contributed by atoms with Crippen LogP contribution >= 0.6 is 0 Å². The van der Waals surface area contributed by atoms with Crippen LogP contribution in [0, 0.1) is 5.41 Å². The van der Waals surface area contributed by atoms with Crippen molar-refractivity contribution in [2.45, 2.75) is 46.6 Å². The number of aryl methyl sites for hydroxylation is 1. The molecule has 0 aliphatic heterocycles. The van der Waals surface area contributed by atoms with E-state index in [2.05, 4.69) is 44.3 Å².